The summed E-state index contributed by atoms with van der Waals surface area (Å²) >= 11 is 1.96. The number of guanidine groups is 1. The fraction of sp³-hybridized carbons (Fsp3) is 0.400. The van der Waals surface area contributed by atoms with E-state index in [0.29, 0.717) is 18.3 Å². The smallest absolute Gasteiger partial charge is 0.191 e. The summed E-state index contributed by atoms with van der Waals surface area (Å²) in [4.78, 5) is 11.0. The van der Waals surface area contributed by atoms with E-state index < -0.39 is 0 Å². The number of H-pyrrole nitrogens is 1. The fourth-order valence-electron chi connectivity index (χ4n) is 2.35. The molecule has 1 fully saturated rings. The van der Waals surface area contributed by atoms with Gasteiger partial charge in [-0.3, -0.25) is 5.10 Å². The summed E-state index contributed by atoms with van der Waals surface area (Å²) < 4.78 is 0. The van der Waals surface area contributed by atoms with Crippen molar-refractivity contribution in [1.82, 2.24) is 20.1 Å². The summed E-state index contributed by atoms with van der Waals surface area (Å²) in [6, 6.07) is 8.11. The molecule has 1 aromatic carbocycles. The van der Waals surface area contributed by atoms with Gasteiger partial charge in [0.15, 0.2) is 11.8 Å². The van der Waals surface area contributed by atoms with Crippen LogP contribution in [0.3, 0.4) is 0 Å². The molecule has 8 heteroatoms. The zero-order valence-corrected chi connectivity index (χ0v) is 16.2. The molecule has 23 heavy (non-hydrogen) atoms. The molecule has 3 N–H and O–H groups in total. The zero-order valence-electron chi connectivity index (χ0n) is 13.0. The number of aromatic nitrogens is 3. The van der Waals surface area contributed by atoms with Crippen molar-refractivity contribution in [2.75, 3.05) is 24.6 Å². The molecule has 0 radical (unpaired) electrons. The predicted octanol–water partition coefficient (Wildman–Crippen LogP) is 2.26. The largest absolute Gasteiger partial charge is 0.370 e. The van der Waals surface area contributed by atoms with Crippen LogP contribution in [0.4, 0.5) is 0 Å². The molecular formula is C15H21IN6S. The average Bonchev–Trinajstić information content (AvgIpc) is 3.00. The van der Waals surface area contributed by atoms with Crippen LogP contribution in [0.2, 0.25) is 0 Å². The molecule has 1 saturated heterocycles. The number of aryl methyl sites for hydroxylation is 1. The molecular weight excluding hydrogens is 423 g/mol. The normalized spacial score (nSPS) is 15.3. The molecule has 0 atom stereocenters. The number of nitrogens with two attached hydrogens (primary N) is 1. The Labute approximate surface area is 157 Å². The minimum absolute atomic E-state index is 0. The van der Waals surface area contributed by atoms with Gasteiger partial charge in [0.2, 0.25) is 0 Å². The van der Waals surface area contributed by atoms with Crippen molar-refractivity contribution in [2.45, 2.75) is 13.5 Å². The minimum Gasteiger partial charge on any atom is -0.370 e. The van der Waals surface area contributed by atoms with Crippen molar-refractivity contribution in [2.24, 2.45) is 10.7 Å². The van der Waals surface area contributed by atoms with E-state index >= 15 is 0 Å². The van der Waals surface area contributed by atoms with Crippen LogP contribution in [-0.2, 0) is 6.54 Å². The second kappa shape index (κ2) is 8.53. The van der Waals surface area contributed by atoms with E-state index in [9.17, 15) is 0 Å². The van der Waals surface area contributed by atoms with Crippen LogP contribution in [0, 0.1) is 6.92 Å². The van der Waals surface area contributed by atoms with Crippen molar-refractivity contribution in [3.05, 3.63) is 35.7 Å². The number of hydrogen-bond acceptors (Lipinski definition) is 4. The van der Waals surface area contributed by atoms with Crippen LogP contribution < -0.4 is 5.73 Å². The zero-order chi connectivity index (χ0) is 15.4. The Morgan fingerprint density at radius 1 is 1.39 bits per heavy atom. The van der Waals surface area contributed by atoms with E-state index in [4.69, 9.17) is 5.73 Å². The SMILES string of the molecule is Cc1nc(-c2cccc(CN=C(N)N3CCSCC3)c2)n[nH]1.I. The van der Waals surface area contributed by atoms with Crippen molar-refractivity contribution in [3.63, 3.8) is 0 Å². The molecule has 0 spiro atoms. The first kappa shape index (κ1) is 18.1. The summed E-state index contributed by atoms with van der Waals surface area (Å²) in [6.07, 6.45) is 0. The van der Waals surface area contributed by atoms with Crippen LogP contribution in [-0.4, -0.2) is 50.6 Å². The lowest BCUT2D eigenvalue weighted by molar-refractivity contribution is 0.455. The summed E-state index contributed by atoms with van der Waals surface area (Å²) in [6.45, 7) is 4.43. The number of nitrogens with one attached hydrogen (secondary N) is 1. The number of hydrogen-bond donors (Lipinski definition) is 2. The number of aliphatic imine (C=N–C) groups is 1. The predicted molar refractivity (Wildman–Crippen MR) is 106 cm³/mol. The van der Waals surface area contributed by atoms with Crippen LogP contribution >= 0.6 is 35.7 Å². The monoisotopic (exact) mass is 444 g/mol. The van der Waals surface area contributed by atoms with Gasteiger partial charge >= 0.3 is 0 Å². The Kier molecular flexibility index (Phi) is 6.70. The van der Waals surface area contributed by atoms with Crippen LogP contribution in [0.15, 0.2) is 29.3 Å². The molecule has 0 aliphatic carbocycles. The first-order valence-corrected chi connectivity index (χ1v) is 8.49. The van der Waals surface area contributed by atoms with Gasteiger partial charge in [0.05, 0.1) is 6.54 Å². The summed E-state index contributed by atoms with van der Waals surface area (Å²) in [5.74, 6) is 4.40. The number of nitrogens with zero attached hydrogens (tertiary/aromatic N) is 4. The standard InChI is InChI=1S/C15H20N6S.HI/c1-11-18-14(20-19-11)13-4-2-3-12(9-13)10-17-15(16)21-5-7-22-8-6-21;/h2-4,9H,5-8,10H2,1H3,(H2,16,17)(H,18,19,20);1H. The maximum atomic E-state index is 6.09. The van der Waals surface area contributed by atoms with Gasteiger partial charge in [-0.2, -0.15) is 16.9 Å². The summed E-state index contributed by atoms with van der Waals surface area (Å²) in [5.41, 5.74) is 8.18. The molecule has 1 aliphatic heterocycles. The molecule has 1 aliphatic rings. The van der Waals surface area contributed by atoms with Crippen molar-refractivity contribution in [1.29, 1.82) is 0 Å². The van der Waals surface area contributed by atoms with Gasteiger partial charge in [-0.15, -0.1) is 24.0 Å². The Balaban J connectivity index is 0.00000192. The van der Waals surface area contributed by atoms with Crippen molar-refractivity contribution < 1.29 is 0 Å². The molecule has 6 nitrogen and oxygen atoms in total. The average molecular weight is 444 g/mol. The molecule has 0 amide bonds. The highest BCUT2D eigenvalue weighted by Gasteiger charge is 2.12. The van der Waals surface area contributed by atoms with Gasteiger partial charge in [0, 0.05) is 30.2 Å². The molecule has 2 heterocycles. The van der Waals surface area contributed by atoms with E-state index in [0.717, 1.165) is 41.5 Å². The maximum absolute atomic E-state index is 6.09. The number of aromatic amines is 1. The maximum Gasteiger partial charge on any atom is 0.191 e. The fourth-order valence-corrected chi connectivity index (χ4v) is 3.25. The summed E-state index contributed by atoms with van der Waals surface area (Å²) in [7, 11) is 0. The highest BCUT2D eigenvalue weighted by atomic mass is 127. The van der Waals surface area contributed by atoms with Crippen molar-refractivity contribution in [3.8, 4) is 11.4 Å². The van der Waals surface area contributed by atoms with Crippen LogP contribution in [0.5, 0.6) is 0 Å². The van der Waals surface area contributed by atoms with Crippen LogP contribution in [0.1, 0.15) is 11.4 Å². The van der Waals surface area contributed by atoms with Gasteiger partial charge in [0.1, 0.15) is 5.82 Å². The van der Waals surface area contributed by atoms with E-state index in [1.807, 2.05) is 36.9 Å². The number of halogens is 1. The second-order valence-electron chi connectivity index (χ2n) is 5.22. The van der Waals surface area contributed by atoms with Gasteiger partial charge in [-0.1, -0.05) is 18.2 Å². The molecule has 124 valence electrons. The third kappa shape index (κ3) is 4.84. The quantitative estimate of drug-likeness (QED) is 0.431. The minimum atomic E-state index is 0. The van der Waals surface area contributed by atoms with Crippen LogP contribution in [0.25, 0.3) is 11.4 Å². The third-order valence-corrected chi connectivity index (χ3v) is 4.48. The Morgan fingerprint density at radius 3 is 2.87 bits per heavy atom. The number of thioether (sulfide) groups is 1. The lowest BCUT2D eigenvalue weighted by Gasteiger charge is -2.27. The highest BCUT2D eigenvalue weighted by molar-refractivity contribution is 14.0. The Bertz CT molecular complexity index is 665. The third-order valence-electron chi connectivity index (χ3n) is 3.54. The van der Waals surface area contributed by atoms with Crippen molar-refractivity contribution >= 4 is 41.7 Å². The lowest BCUT2D eigenvalue weighted by Crippen LogP contribution is -2.42. The van der Waals surface area contributed by atoms with E-state index in [1.165, 1.54) is 0 Å². The van der Waals surface area contributed by atoms with Gasteiger partial charge < -0.3 is 10.6 Å². The molecule has 0 unspecified atom stereocenters. The van der Waals surface area contributed by atoms with Gasteiger partial charge in [-0.05, 0) is 18.6 Å². The highest BCUT2D eigenvalue weighted by Crippen LogP contribution is 2.17. The molecule has 0 saturated carbocycles. The lowest BCUT2D eigenvalue weighted by atomic mass is 10.1. The molecule has 0 bridgehead atoms. The van der Waals surface area contributed by atoms with Gasteiger partial charge in [0.25, 0.3) is 0 Å². The van der Waals surface area contributed by atoms with E-state index in [2.05, 4.69) is 31.1 Å². The number of rotatable bonds is 3. The first-order valence-electron chi connectivity index (χ1n) is 7.33. The second-order valence-corrected chi connectivity index (χ2v) is 6.44. The van der Waals surface area contributed by atoms with E-state index in [-0.39, 0.29) is 24.0 Å². The number of benzene rings is 1. The molecule has 3 rings (SSSR count). The Hall–Kier alpha value is -1.29. The first-order chi connectivity index (χ1) is 10.7. The molecule has 2 aromatic rings. The summed E-state index contributed by atoms with van der Waals surface area (Å²) in [5, 5.41) is 7.05. The van der Waals surface area contributed by atoms with E-state index in [1.54, 1.807) is 0 Å². The van der Waals surface area contributed by atoms with Gasteiger partial charge in [-0.25, -0.2) is 9.98 Å². The topological polar surface area (TPSA) is 83.2 Å². The Morgan fingerprint density at radius 2 is 2.17 bits per heavy atom. The molecule has 1 aromatic heterocycles.